The zero-order valence-electron chi connectivity index (χ0n) is 21.4. The van der Waals surface area contributed by atoms with Crippen LogP contribution < -0.4 is 10.1 Å². The molecule has 0 bridgehead atoms. The molecule has 7 heteroatoms. The number of rotatable bonds is 4. The molecule has 0 radical (unpaired) electrons. The maximum atomic E-state index is 13.7. The van der Waals surface area contributed by atoms with E-state index in [-0.39, 0.29) is 29.0 Å². The Hall–Kier alpha value is -2.08. The molecule has 0 saturated heterocycles. The fraction of sp³-hybridized carbons (Fsp3) is 0.400. The Morgan fingerprint density at radius 2 is 1.49 bits per heavy atom. The molecule has 1 heterocycles. The number of hydrogen-bond acceptors (Lipinski definition) is 4. The van der Waals surface area contributed by atoms with Crippen molar-refractivity contribution < 1.29 is 14.3 Å². The third kappa shape index (κ3) is 5.28. The van der Waals surface area contributed by atoms with Crippen LogP contribution in [0.5, 0.6) is 5.75 Å². The van der Waals surface area contributed by atoms with Crippen molar-refractivity contribution in [3.63, 3.8) is 0 Å². The summed E-state index contributed by atoms with van der Waals surface area (Å²) in [7, 11) is 0. The smallest absolute Gasteiger partial charge is 0.162 e. The Balaban J connectivity index is 1.64. The van der Waals surface area contributed by atoms with Crippen LogP contribution in [0.15, 0.2) is 63.4 Å². The minimum absolute atomic E-state index is 0.0830. The van der Waals surface area contributed by atoms with Crippen molar-refractivity contribution in [1.29, 1.82) is 0 Å². The van der Waals surface area contributed by atoms with Crippen molar-refractivity contribution in [2.75, 3.05) is 0 Å². The van der Waals surface area contributed by atoms with Gasteiger partial charge in [-0.3, -0.25) is 9.59 Å². The number of halogens is 3. The Morgan fingerprint density at radius 3 is 2.05 bits per heavy atom. The molecule has 0 unspecified atom stereocenters. The van der Waals surface area contributed by atoms with Crippen LogP contribution >= 0.6 is 39.1 Å². The maximum Gasteiger partial charge on any atom is 0.162 e. The number of ether oxygens (including phenoxy) is 1. The van der Waals surface area contributed by atoms with Gasteiger partial charge in [-0.15, -0.1) is 0 Å². The molecule has 2 aromatic carbocycles. The lowest BCUT2D eigenvalue weighted by molar-refractivity contribution is -0.119. The minimum atomic E-state index is -0.480. The number of hydrogen-bond donors (Lipinski definition) is 1. The zero-order chi connectivity index (χ0) is 26.7. The number of dihydropyridines is 1. The first-order valence-corrected chi connectivity index (χ1v) is 14.0. The van der Waals surface area contributed by atoms with Crippen LogP contribution in [0.3, 0.4) is 0 Å². The molecule has 37 heavy (non-hydrogen) atoms. The SMILES string of the molecule is CC1(C)CC(=O)C2=C(C1)NC1=C(C(=O)CC(C)(C)C1)C2c1cc(Br)ccc1OCc1ccc(Cl)cc1Cl. The summed E-state index contributed by atoms with van der Waals surface area (Å²) in [6.45, 7) is 8.71. The van der Waals surface area contributed by atoms with Crippen LogP contribution in [0.4, 0.5) is 0 Å². The van der Waals surface area contributed by atoms with Gasteiger partial charge in [-0.2, -0.15) is 0 Å². The molecule has 194 valence electrons. The van der Waals surface area contributed by atoms with E-state index in [0.717, 1.165) is 39.8 Å². The van der Waals surface area contributed by atoms with Gasteiger partial charge in [0.1, 0.15) is 12.4 Å². The Morgan fingerprint density at radius 1 is 0.892 bits per heavy atom. The first kappa shape index (κ1) is 26.5. The van der Waals surface area contributed by atoms with E-state index in [1.807, 2.05) is 24.3 Å². The predicted octanol–water partition coefficient (Wildman–Crippen LogP) is 8.31. The number of benzene rings is 2. The standard InChI is InChI=1S/C30H30BrCl2NO3/c1-29(2)11-21-27(23(35)13-29)26(28-22(34-21)12-30(3,4)14-24(28)36)19-9-17(31)6-8-25(19)37-15-16-5-7-18(32)10-20(16)33/h5-10,26,34H,11-15H2,1-4H3. The Kier molecular flexibility index (Phi) is 6.87. The largest absolute Gasteiger partial charge is 0.489 e. The molecule has 0 spiro atoms. The van der Waals surface area contributed by atoms with E-state index >= 15 is 0 Å². The normalized spacial score (nSPS) is 20.9. The van der Waals surface area contributed by atoms with Crippen LogP contribution in [-0.2, 0) is 16.2 Å². The number of carbonyl (C=O) groups is 2. The van der Waals surface area contributed by atoms with Gasteiger partial charge < -0.3 is 10.1 Å². The van der Waals surface area contributed by atoms with Crippen molar-refractivity contribution in [1.82, 2.24) is 5.32 Å². The molecule has 0 aromatic heterocycles. The van der Waals surface area contributed by atoms with E-state index in [4.69, 9.17) is 27.9 Å². The van der Waals surface area contributed by atoms with Gasteiger partial charge in [0, 0.05) is 66.9 Å². The lowest BCUT2D eigenvalue weighted by Crippen LogP contribution is -2.42. The second-order valence-electron chi connectivity index (χ2n) is 11.9. The number of allylic oxidation sites excluding steroid dienone is 4. The minimum Gasteiger partial charge on any atom is -0.489 e. The van der Waals surface area contributed by atoms with E-state index in [9.17, 15) is 9.59 Å². The third-order valence-corrected chi connectivity index (χ3v) is 8.48. The molecule has 3 aliphatic rings. The van der Waals surface area contributed by atoms with Crippen molar-refractivity contribution in [3.05, 3.63) is 84.6 Å². The van der Waals surface area contributed by atoms with Gasteiger partial charge in [-0.05, 0) is 54.0 Å². The first-order valence-electron chi connectivity index (χ1n) is 12.5. The number of ketones is 2. The van der Waals surface area contributed by atoms with Crippen LogP contribution in [0.1, 0.15) is 70.4 Å². The molecule has 1 N–H and O–H groups in total. The number of Topliss-reactive ketones (excluding diaryl/α,β-unsaturated/α-hetero) is 2. The fourth-order valence-electron chi connectivity index (χ4n) is 5.87. The van der Waals surface area contributed by atoms with Gasteiger partial charge in [0.25, 0.3) is 0 Å². The molecule has 0 amide bonds. The molecule has 5 rings (SSSR count). The van der Waals surface area contributed by atoms with Gasteiger partial charge in [-0.25, -0.2) is 0 Å². The summed E-state index contributed by atoms with van der Waals surface area (Å²) in [6.07, 6.45) is 2.38. The second-order valence-corrected chi connectivity index (χ2v) is 13.7. The quantitative estimate of drug-likeness (QED) is 0.382. The van der Waals surface area contributed by atoms with Crippen molar-refractivity contribution in [2.24, 2.45) is 10.8 Å². The molecular weight excluding hydrogens is 573 g/mol. The summed E-state index contributed by atoms with van der Waals surface area (Å²) in [6, 6.07) is 11.1. The maximum absolute atomic E-state index is 13.7. The zero-order valence-corrected chi connectivity index (χ0v) is 24.5. The molecule has 2 aliphatic carbocycles. The number of carbonyl (C=O) groups excluding carboxylic acids is 2. The first-order chi connectivity index (χ1) is 17.3. The summed E-state index contributed by atoms with van der Waals surface area (Å²) >= 11 is 16.1. The van der Waals surface area contributed by atoms with Gasteiger partial charge in [0.15, 0.2) is 11.6 Å². The van der Waals surface area contributed by atoms with Gasteiger partial charge in [0.05, 0.1) is 0 Å². The second kappa shape index (κ2) is 9.59. The molecule has 1 aliphatic heterocycles. The fourth-order valence-corrected chi connectivity index (χ4v) is 6.71. The lowest BCUT2D eigenvalue weighted by atomic mass is 9.64. The highest BCUT2D eigenvalue weighted by molar-refractivity contribution is 9.10. The summed E-state index contributed by atoms with van der Waals surface area (Å²) in [5.41, 5.74) is 4.56. The molecule has 4 nitrogen and oxygen atoms in total. The predicted molar refractivity (Wildman–Crippen MR) is 151 cm³/mol. The average Bonchev–Trinajstić information content (AvgIpc) is 2.76. The molecule has 2 aromatic rings. The van der Waals surface area contributed by atoms with E-state index in [1.54, 1.807) is 12.1 Å². The van der Waals surface area contributed by atoms with Crippen molar-refractivity contribution in [3.8, 4) is 5.75 Å². The van der Waals surface area contributed by atoms with Crippen molar-refractivity contribution in [2.45, 2.75) is 65.9 Å². The Bertz CT molecular complexity index is 1340. The van der Waals surface area contributed by atoms with Crippen LogP contribution in [0.2, 0.25) is 10.0 Å². The van der Waals surface area contributed by atoms with E-state index in [1.165, 1.54) is 0 Å². The highest BCUT2D eigenvalue weighted by Crippen LogP contribution is 2.52. The van der Waals surface area contributed by atoms with Crippen molar-refractivity contribution >= 4 is 50.7 Å². The highest BCUT2D eigenvalue weighted by Gasteiger charge is 2.47. The Labute approximate surface area is 236 Å². The summed E-state index contributed by atoms with van der Waals surface area (Å²) in [5.74, 6) is 0.306. The lowest BCUT2D eigenvalue weighted by Gasteiger charge is -2.44. The monoisotopic (exact) mass is 601 g/mol. The topological polar surface area (TPSA) is 55.4 Å². The van der Waals surface area contributed by atoms with Gasteiger partial charge in [0.2, 0.25) is 0 Å². The van der Waals surface area contributed by atoms with Gasteiger partial charge >= 0.3 is 0 Å². The molecule has 0 atom stereocenters. The summed E-state index contributed by atoms with van der Waals surface area (Å²) in [5, 5.41) is 4.65. The van der Waals surface area contributed by atoms with E-state index < -0.39 is 5.92 Å². The van der Waals surface area contributed by atoms with E-state index in [2.05, 4.69) is 48.9 Å². The average molecular weight is 603 g/mol. The molecular formula is C30H30BrCl2NO3. The molecule has 0 fully saturated rings. The third-order valence-electron chi connectivity index (χ3n) is 7.40. The van der Waals surface area contributed by atoms with Crippen LogP contribution in [0.25, 0.3) is 0 Å². The van der Waals surface area contributed by atoms with Crippen LogP contribution in [0, 0.1) is 10.8 Å². The highest BCUT2D eigenvalue weighted by atomic mass is 79.9. The van der Waals surface area contributed by atoms with Gasteiger partial charge in [-0.1, -0.05) is 72.9 Å². The van der Waals surface area contributed by atoms with E-state index in [0.29, 0.717) is 39.8 Å². The van der Waals surface area contributed by atoms with Crippen LogP contribution in [-0.4, -0.2) is 11.6 Å². The summed E-state index contributed by atoms with van der Waals surface area (Å²) in [4.78, 5) is 27.3. The summed E-state index contributed by atoms with van der Waals surface area (Å²) < 4.78 is 7.18. The number of nitrogens with one attached hydrogen (secondary N) is 1. The molecule has 0 saturated carbocycles.